The van der Waals surface area contributed by atoms with Gasteiger partial charge in [-0.3, -0.25) is 0 Å². The van der Waals surface area contributed by atoms with Gasteiger partial charge in [-0.1, -0.05) is 0 Å². The molecule has 15 heteroatoms. The minimum Gasteiger partial charge on any atom is -0.478 e. The molecule has 0 atom stereocenters. The van der Waals surface area contributed by atoms with Crippen LogP contribution in [0.3, 0.4) is 0 Å². The van der Waals surface area contributed by atoms with Gasteiger partial charge in [0.25, 0.3) is 0 Å². The van der Waals surface area contributed by atoms with Crippen LogP contribution in [0.25, 0.3) is 0 Å². The molecule has 4 aromatic carbocycles. The number of ether oxygens (including phenoxy) is 6. The molecular formula is C33H24O15. The van der Waals surface area contributed by atoms with E-state index in [9.17, 15) is 44.1 Å². The topological polar surface area (TPSA) is 218 Å². The third kappa shape index (κ3) is 7.66. The highest BCUT2D eigenvalue weighted by atomic mass is 16.5. The molecule has 3 N–H and O–H groups in total. The molecule has 0 aliphatic carbocycles. The minimum atomic E-state index is -1.43. The Balaban J connectivity index is 1.78. The SMILES string of the molecule is COC(=O)c1ccc(Oc2cc(Oc3ccc(C(=O)OC)c(C(=O)O)c3)cc(Oc3ccc(C(=O)OC)c(C(=O)O)c3)c2)cc1C(=O)O. The molecule has 0 saturated heterocycles. The minimum absolute atomic E-state index is 0.0149. The van der Waals surface area contributed by atoms with Crippen molar-refractivity contribution in [3.05, 3.63) is 106 Å². The maximum Gasteiger partial charge on any atom is 0.338 e. The predicted molar refractivity (Wildman–Crippen MR) is 161 cm³/mol. The molecule has 0 aliphatic rings. The lowest BCUT2D eigenvalue weighted by Crippen LogP contribution is -2.10. The van der Waals surface area contributed by atoms with Crippen molar-refractivity contribution in [2.24, 2.45) is 0 Å². The first-order chi connectivity index (χ1) is 22.8. The third-order valence-electron chi connectivity index (χ3n) is 6.44. The number of esters is 3. The van der Waals surface area contributed by atoms with Crippen molar-refractivity contribution in [2.75, 3.05) is 21.3 Å². The highest BCUT2D eigenvalue weighted by Crippen LogP contribution is 2.37. The molecule has 0 aliphatic heterocycles. The van der Waals surface area contributed by atoms with Crippen LogP contribution in [-0.2, 0) is 14.2 Å². The van der Waals surface area contributed by atoms with Crippen molar-refractivity contribution >= 4 is 35.8 Å². The third-order valence-corrected chi connectivity index (χ3v) is 6.44. The summed E-state index contributed by atoms with van der Waals surface area (Å²) in [4.78, 5) is 71.6. The van der Waals surface area contributed by atoms with Crippen LogP contribution in [0.5, 0.6) is 34.5 Å². The van der Waals surface area contributed by atoms with Crippen LogP contribution < -0.4 is 14.2 Å². The number of methoxy groups -OCH3 is 3. The lowest BCUT2D eigenvalue weighted by molar-refractivity contribution is 0.0579. The molecule has 48 heavy (non-hydrogen) atoms. The first-order valence-corrected chi connectivity index (χ1v) is 13.4. The summed E-state index contributed by atoms with van der Waals surface area (Å²) < 4.78 is 31.5. The number of rotatable bonds is 12. The summed E-state index contributed by atoms with van der Waals surface area (Å²) in [6, 6.07) is 14.7. The Morgan fingerprint density at radius 2 is 0.625 bits per heavy atom. The van der Waals surface area contributed by atoms with Gasteiger partial charge in [0.2, 0.25) is 0 Å². The molecule has 0 bridgehead atoms. The Bertz CT molecular complexity index is 1730. The van der Waals surface area contributed by atoms with Crippen LogP contribution in [0.1, 0.15) is 62.1 Å². The van der Waals surface area contributed by atoms with E-state index in [1.54, 1.807) is 0 Å². The van der Waals surface area contributed by atoms with Crippen molar-refractivity contribution in [1.29, 1.82) is 0 Å². The van der Waals surface area contributed by atoms with E-state index in [2.05, 4.69) is 14.2 Å². The van der Waals surface area contributed by atoms with Crippen LogP contribution in [0.15, 0.2) is 72.8 Å². The second-order valence-electron chi connectivity index (χ2n) is 9.46. The quantitative estimate of drug-likeness (QED) is 0.126. The van der Waals surface area contributed by atoms with Crippen molar-refractivity contribution < 1.29 is 72.5 Å². The van der Waals surface area contributed by atoms with Gasteiger partial charge >= 0.3 is 35.8 Å². The van der Waals surface area contributed by atoms with Crippen molar-refractivity contribution in [3.63, 3.8) is 0 Å². The van der Waals surface area contributed by atoms with Gasteiger partial charge in [0, 0.05) is 18.2 Å². The Morgan fingerprint density at radius 1 is 0.375 bits per heavy atom. The smallest absolute Gasteiger partial charge is 0.338 e. The maximum absolute atomic E-state index is 12.0. The Kier molecular flexibility index (Phi) is 10.2. The van der Waals surface area contributed by atoms with Crippen molar-refractivity contribution in [1.82, 2.24) is 0 Å². The van der Waals surface area contributed by atoms with E-state index in [0.717, 1.165) is 39.5 Å². The van der Waals surface area contributed by atoms with E-state index in [-0.39, 0.29) is 51.2 Å². The van der Waals surface area contributed by atoms with E-state index in [1.165, 1.54) is 54.6 Å². The first kappa shape index (κ1) is 34.0. The molecule has 0 unspecified atom stereocenters. The van der Waals surface area contributed by atoms with E-state index in [4.69, 9.17) is 14.2 Å². The summed E-state index contributed by atoms with van der Waals surface area (Å²) in [5.41, 5.74) is -1.93. The predicted octanol–water partition coefficient (Wildman–Crippen LogP) is 5.52. The molecule has 4 rings (SSSR count). The van der Waals surface area contributed by atoms with Gasteiger partial charge in [0.15, 0.2) is 0 Å². The van der Waals surface area contributed by atoms with Crippen molar-refractivity contribution in [3.8, 4) is 34.5 Å². The highest BCUT2D eigenvalue weighted by molar-refractivity contribution is 6.04. The molecular weight excluding hydrogens is 636 g/mol. The van der Waals surface area contributed by atoms with Crippen LogP contribution >= 0.6 is 0 Å². The summed E-state index contributed by atoms with van der Waals surface area (Å²) in [7, 11) is 3.28. The standard InChI is InChI=1S/C33H24O15/c1-43-31(40)22-7-4-16(13-25(22)28(34)35)46-19-10-20(47-17-5-8-23(32(41)44-2)26(14-17)29(36)37)12-21(11-19)48-18-6-9-24(33(42)45-3)27(15-18)30(38)39/h4-15H,1-3H3,(H,34,35)(H,36,37)(H,38,39). The van der Waals surface area contributed by atoms with Gasteiger partial charge in [-0.25, -0.2) is 28.8 Å². The number of benzene rings is 4. The Labute approximate surface area is 270 Å². The van der Waals surface area contributed by atoms with E-state index < -0.39 is 52.5 Å². The molecule has 15 nitrogen and oxygen atoms in total. The normalized spacial score (nSPS) is 10.3. The largest absolute Gasteiger partial charge is 0.478 e. The number of carboxylic acid groups (broad SMARTS) is 3. The zero-order valence-electron chi connectivity index (χ0n) is 25.2. The lowest BCUT2D eigenvalue weighted by Gasteiger charge is -2.15. The molecule has 246 valence electrons. The average Bonchev–Trinajstić information content (AvgIpc) is 3.06. The molecule has 0 radical (unpaired) electrons. The molecule has 0 amide bonds. The van der Waals surface area contributed by atoms with Gasteiger partial charge in [0.05, 0.1) is 54.7 Å². The number of hydrogen-bond acceptors (Lipinski definition) is 12. The summed E-state index contributed by atoms with van der Waals surface area (Å²) in [5.74, 6) is -7.10. The summed E-state index contributed by atoms with van der Waals surface area (Å²) in [5, 5.41) is 28.9. The molecule has 0 heterocycles. The second-order valence-corrected chi connectivity index (χ2v) is 9.46. The zero-order valence-corrected chi connectivity index (χ0v) is 25.2. The maximum atomic E-state index is 12.0. The van der Waals surface area contributed by atoms with Gasteiger partial charge in [-0.15, -0.1) is 0 Å². The van der Waals surface area contributed by atoms with Gasteiger partial charge in [-0.2, -0.15) is 0 Å². The average molecular weight is 661 g/mol. The van der Waals surface area contributed by atoms with Gasteiger partial charge in [0.1, 0.15) is 34.5 Å². The number of aromatic carboxylic acids is 3. The number of carbonyl (C=O) groups excluding carboxylic acids is 3. The van der Waals surface area contributed by atoms with E-state index in [1.807, 2.05) is 0 Å². The Hall–Kier alpha value is -6.90. The van der Waals surface area contributed by atoms with Crippen LogP contribution in [0.4, 0.5) is 0 Å². The Morgan fingerprint density at radius 3 is 0.833 bits per heavy atom. The van der Waals surface area contributed by atoms with Gasteiger partial charge < -0.3 is 43.7 Å². The second kappa shape index (κ2) is 14.5. The summed E-state index contributed by atoms with van der Waals surface area (Å²) in [6.45, 7) is 0. The summed E-state index contributed by atoms with van der Waals surface area (Å²) >= 11 is 0. The van der Waals surface area contributed by atoms with E-state index in [0.29, 0.717) is 0 Å². The molecule has 0 aromatic heterocycles. The zero-order chi connectivity index (χ0) is 35.1. The number of carboxylic acids is 3. The monoisotopic (exact) mass is 660 g/mol. The molecule has 0 saturated carbocycles. The molecule has 0 fully saturated rings. The van der Waals surface area contributed by atoms with Crippen LogP contribution in [0, 0.1) is 0 Å². The van der Waals surface area contributed by atoms with Gasteiger partial charge in [-0.05, 0) is 54.6 Å². The molecule has 0 spiro atoms. The fourth-order valence-electron chi connectivity index (χ4n) is 4.29. The lowest BCUT2D eigenvalue weighted by atomic mass is 10.1. The number of hydrogen-bond donors (Lipinski definition) is 3. The fourth-order valence-corrected chi connectivity index (χ4v) is 4.29. The number of carbonyl (C=O) groups is 6. The van der Waals surface area contributed by atoms with Crippen LogP contribution in [-0.4, -0.2) is 72.5 Å². The highest BCUT2D eigenvalue weighted by Gasteiger charge is 2.22. The fraction of sp³-hybridized carbons (Fsp3) is 0.0909. The van der Waals surface area contributed by atoms with Crippen LogP contribution in [0.2, 0.25) is 0 Å². The first-order valence-electron chi connectivity index (χ1n) is 13.4. The summed E-state index contributed by atoms with van der Waals surface area (Å²) in [6.07, 6.45) is 0. The van der Waals surface area contributed by atoms with E-state index >= 15 is 0 Å². The molecule has 4 aromatic rings. The van der Waals surface area contributed by atoms with Crippen molar-refractivity contribution in [2.45, 2.75) is 0 Å².